The second-order valence-corrected chi connectivity index (χ2v) is 5.16. The van der Waals surface area contributed by atoms with Crippen LogP contribution >= 0.6 is 11.3 Å². The first-order chi connectivity index (χ1) is 7.65. The number of esters is 1. The molecule has 1 atom stereocenters. The van der Waals surface area contributed by atoms with Crippen molar-refractivity contribution in [2.24, 2.45) is 0 Å². The van der Waals surface area contributed by atoms with E-state index in [1.165, 1.54) is 17.6 Å². The van der Waals surface area contributed by atoms with Gasteiger partial charge in [-0.1, -0.05) is 0 Å². The van der Waals surface area contributed by atoms with Crippen LogP contribution in [0.1, 0.15) is 30.2 Å². The second-order valence-electron chi connectivity index (χ2n) is 4.16. The summed E-state index contributed by atoms with van der Waals surface area (Å²) in [4.78, 5) is 12.6. The summed E-state index contributed by atoms with van der Waals surface area (Å²) < 4.78 is 10.5. The number of rotatable bonds is 3. The zero-order valence-electron chi connectivity index (χ0n) is 9.62. The van der Waals surface area contributed by atoms with E-state index in [9.17, 15) is 4.79 Å². The topological polar surface area (TPSA) is 35.5 Å². The number of fused-ring (bicyclic) bond motifs is 1. The first-order valence-electron chi connectivity index (χ1n) is 5.43. The molecule has 1 aromatic heterocycles. The van der Waals surface area contributed by atoms with Crippen molar-refractivity contribution < 1.29 is 14.3 Å². The Balaban J connectivity index is 2.11. The Morgan fingerprint density at radius 3 is 3.25 bits per heavy atom. The molecule has 0 aliphatic carbocycles. The maximum atomic E-state index is 11.2. The molecule has 0 aromatic carbocycles. The van der Waals surface area contributed by atoms with Crippen molar-refractivity contribution in [2.45, 2.75) is 31.8 Å². The van der Waals surface area contributed by atoms with Gasteiger partial charge in [0.05, 0.1) is 19.3 Å². The molecular formula is C12H16O3S. The third kappa shape index (κ3) is 2.13. The predicted octanol–water partition coefficient (Wildman–Crippen LogP) is 2.49. The van der Waals surface area contributed by atoms with E-state index in [4.69, 9.17) is 4.74 Å². The lowest BCUT2D eigenvalue weighted by Crippen LogP contribution is -2.32. The molecule has 2 rings (SSSR count). The van der Waals surface area contributed by atoms with Gasteiger partial charge >= 0.3 is 5.97 Å². The van der Waals surface area contributed by atoms with E-state index in [0.717, 1.165) is 13.0 Å². The van der Waals surface area contributed by atoms with E-state index >= 15 is 0 Å². The zero-order valence-corrected chi connectivity index (χ0v) is 10.4. The molecule has 16 heavy (non-hydrogen) atoms. The molecule has 0 fully saturated rings. The molecule has 4 heteroatoms. The van der Waals surface area contributed by atoms with E-state index in [2.05, 4.69) is 23.1 Å². The average molecular weight is 240 g/mol. The van der Waals surface area contributed by atoms with Crippen molar-refractivity contribution in [3.05, 3.63) is 21.9 Å². The molecule has 0 saturated carbocycles. The van der Waals surface area contributed by atoms with E-state index in [0.29, 0.717) is 12.8 Å². The van der Waals surface area contributed by atoms with Gasteiger partial charge in [-0.2, -0.15) is 0 Å². The van der Waals surface area contributed by atoms with E-state index < -0.39 is 0 Å². The smallest absolute Gasteiger partial charge is 0.305 e. The summed E-state index contributed by atoms with van der Waals surface area (Å²) in [6.07, 6.45) is 2.08. The highest BCUT2D eigenvalue weighted by molar-refractivity contribution is 7.10. The van der Waals surface area contributed by atoms with Gasteiger partial charge in [-0.3, -0.25) is 4.79 Å². The molecule has 0 amide bonds. The lowest BCUT2D eigenvalue weighted by atomic mass is 9.89. The second kappa shape index (κ2) is 4.55. The van der Waals surface area contributed by atoms with Crippen LogP contribution in [-0.2, 0) is 26.3 Å². The summed E-state index contributed by atoms with van der Waals surface area (Å²) >= 11 is 1.77. The number of methoxy groups -OCH3 is 1. The van der Waals surface area contributed by atoms with Gasteiger partial charge in [0, 0.05) is 17.7 Å². The lowest BCUT2D eigenvalue weighted by Gasteiger charge is -2.34. The SMILES string of the molecule is COC(=O)CCC1(C)OCCc2sccc21. The predicted molar refractivity (Wildman–Crippen MR) is 62.6 cm³/mol. The summed E-state index contributed by atoms with van der Waals surface area (Å²) in [7, 11) is 1.42. The highest BCUT2D eigenvalue weighted by atomic mass is 32.1. The number of carbonyl (C=O) groups excluding carboxylic acids is 1. The number of hydrogen-bond acceptors (Lipinski definition) is 4. The Labute approximate surface area is 99.4 Å². The molecule has 1 aliphatic heterocycles. The zero-order chi connectivity index (χ0) is 11.6. The molecular weight excluding hydrogens is 224 g/mol. The van der Waals surface area contributed by atoms with Crippen molar-refractivity contribution in [3.8, 4) is 0 Å². The van der Waals surface area contributed by atoms with Gasteiger partial charge < -0.3 is 9.47 Å². The molecule has 1 unspecified atom stereocenters. The highest BCUT2D eigenvalue weighted by Crippen LogP contribution is 2.39. The van der Waals surface area contributed by atoms with Gasteiger partial charge in [-0.05, 0) is 30.4 Å². The summed E-state index contributed by atoms with van der Waals surface area (Å²) in [5.74, 6) is -0.174. The summed E-state index contributed by atoms with van der Waals surface area (Å²) in [6, 6.07) is 2.11. The Kier molecular flexibility index (Phi) is 3.30. The molecule has 0 bridgehead atoms. The van der Waals surface area contributed by atoms with Gasteiger partial charge in [0.1, 0.15) is 0 Å². The Morgan fingerprint density at radius 1 is 1.69 bits per heavy atom. The van der Waals surface area contributed by atoms with Gasteiger partial charge in [-0.25, -0.2) is 0 Å². The van der Waals surface area contributed by atoms with E-state index in [1.54, 1.807) is 11.3 Å². The van der Waals surface area contributed by atoms with Crippen LogP contribution < -0.4 is 0 Å². The Morgan fingerprint density at radius 2 is 2.50 bits per heavy atom. The maximum Gasteiger partial charge on any atom is 0.305 e. The minimum atomic E-state index is -0.318. The summed E-state index contributed by atoms with van der Waals surface area (Å²) in [5.41, 5.74) is 0.926. The molecule has 1 aliphatic rings. The molecule has 0 saturated heterocycles. The standard InChI is InChI=1S/C12H16O3S/c1-12(6-3-11(13)14-2)9-5-8-16-10(9)4-7-15-12/h5,8H,3-4,6-7H2,1-2H3. The first-order valence-corrected chi connectivity index (χ1v) is 6.31. The number of hydrogen-bond donors (Lipinski definition) is 0. The normalized spacial score (nSPS) is 23.9. The summed E-state index contributed by atoms with van der Waals surface area (Å²) in [5, 5.41) is 2.09. The third-order valence-electron chi connectivity index (χ3n) is 3.10. The van der Waals surface area contributed by atoms with Gasteiger partial charge in [0.15, 0.2) is 0 Å². The fraction of sp³-hybridized carbons (Fsp3) is 0.583. The molecule has 0 radical (unpaired) electrons. The van der Waals surface area contributed by atoms with Crippen LogP contribution in [0.3, 0.4) is 0 Å². The van der Waals surface area contributed by atoms with E-state index in [-0.39, 0.29) is 11.6 Å². The van der Waals surface area contributed by atoms with Crippen molar-refractivity contribution in [2.75, 3.05) is 13.7 Å². The average Bonchev–Trinajstić information content (AvgIpc) is 2.76. The van der Waals surface area contributed by atoms with Crippen molar-refractivity contribution in [1.29, 1.82) is 0 Å². The monoisotopic (exact) mass is 240 g/mol. The quantitative estimate of drug-likeness (QED) is 0.761. The molecule has 3 nitrogen and oxygen atoms in total. The van der Waals surface area contributed by atoms with Gasteiger partial charge in [-0.15, -0.1) is 11.3 Å². The molecule has 0 N–H and O–H groups in total. The van der Waals surface area contributed by atoms with Crippen LogP contribution in [-0.4, -0.2) is 19.7 Å². The summed E-state index contributed by atoms with van der Waals surface area (Å²) in [6.45, 7) is 2.80. The number of carbonyl (C=O) groups is 1. The molecule has 88 valence electrons. The third-order valence-corrected chi connectivity index (χ3v) is 4.08. The van der Waals surface area contributed by atoms with Crippen molar-refractivity contribution in [3.63, 3.8) is 0 Å². The Hall–Kier alpha value is -0.870. The largest absolute Gasteiger partial charge is 0.469 e. The Bertz CT molecular complexity index is 385. The van der Waals surface area contributed by atoms with Crippen molar-refractivity contribution in [1.82, 2.24) is 0 Å². The first kappa shape index (κ1) is 11.6. The minimum Gasteiger partial charge on any atom is -0.469 e. The number of ether oxygens (including phenoxy) is 2. The molecule has 1 aromatic rings. The van der Waals surface area contributed by atoms with Crippen molar-refractivity contribution >= 4 is 17.3 Å². The maximum absolute atomic E-state index is 11.2. The van der Waals surface area contributed by atoms with Gasteiger partial charge in [0.2, 0.25) is 0 Å². The fourth-order valence-corrected chi connectivity index (χ4v) is 3.08. The van der Waals surface area contributed by atoms with Crippen LogP contribution in [0.5, 0.6) is 0 Å². The van der Waals surface area contributed by atoms with Crippen LogP contribution in [0.15, 0.2) is 11.4 Å². The number of thiophene rings is 1. The molecule has 0 spiro atoms. The minimum absolute atomic E-state index is 0.174. The molecule has 2 heterocycles. The van der Waals surface area contributed by atoms with Crippen LogP contribution in [0.25, 0.3) is 0 Å². The van der Waals surface area contributed by atoms with Crippen LogP contribution in [0.4, 0.5) is 0 Å². The fourth-order valence-electron chi connectivity index (χ4n) is 2.10. The lowest BCUT2D eigenvalue weighted by molar-refractivity contribution is -0.143. The van der Waals surface area contributed by atoms with Crippen LogP contribution in [0, 0.1) is 0 Å². The highest BCUT2D eigenvalue weighted by Gasteiger charge is 2.34. The van der Waals surface area contributed by atoms with E-state index in [1.807, 2.05) is 0 Å². The van der Waals surface area contributed by atoms with Crippen LogP contribution in [0.2, 0.25) is 0 Å². The van der Waals surface area contributed by atoms with Gasteiger partial charge in [0.25, 0.3) is 0 Å².